The van der Waals surface area contributed by atoms with Crippen LogP contribution in [0.4, 0.5) is 0 Å². The van der Waals surface area contributed by atoms with Crippen molar-refractivity contribution < 1.29 is 9.59 Å². The van der Waals surface area contributed by atoms with Crippen molar-refractivity contribution in [3.8, 4) is 0 Å². The predicted octanol–water partition coefficient (Wildman–Crippen LogP) is -1.78. The van der Waals surface area contributed by atoms with E-state index in [4.69, 9.17) is 9.59 Å². The van der Waals surface area contributed by atoms with Crippen LogP contribution in [-0.2, 0) is 0 Å². The van der Waals surface area contributed by atoms with Gasteiger partial charge in [-0.25, -0.2) is 0 Å². The summed E-state index contributed by atoms with van der Waals surface area (Å²) in [6.07, 6.45) is 0. The Morgan fingerprint density at radius 3 is 1.33 bits per heavy atom. The van der Waals surface area contributed by atoms with E-state index in [1.807, 2.05) is 13.1 Å². The van der Waals surface area contributed by atoms with E-state index in [2.05, 4.69) is 0 Å². The maximum Gasteiger partial charge on any atom is 0.166 e. The fourth-order valence-electron chi connectivity index (χ4n) is 0. The zero-order chi connectivity index (χ0) is 5.58. The van der Waals surface area contributed by atoms with Gasteiger partial charge in [-0.15, -0.1) is 0 Å². The lowest BCUT2D eigenvalue weighted by Crippen LogP contribution is -1.93. The van der Waals surface area contributed by atoms with E-state index in [1.165, 1.54) is 0 Å². The molecule has 0 rings (SSSR count). The van der Waals surface area contributed by atoms with Gasteiger partial charge >= 0.3 is 0 Å². The van der Waals surface area contributed by atoms with E-state index in [1.54, 1.807) is 0 Å². The highest BCUT2D eigenvalue weighted by Gasteiger charge is 1.74. The third-order valence-electron chi connectivity index (χ3n) is 0. The molecule has 0 bridgehead atoms. The molecule has 40 valence electrons. The van der Waals surface area contributed by atoms with E-state index in [-0.39, 0.29) is 0 Å². The van der Waals surface area contributed by atoms with E-state index >= 15 is 0 Å². The van der Waals surface area contributed by atoms with Gasteiger partial charge in [0, 0.05) is 0 Å². The molecule has 0 aromatic rings. The van der Waals surface area contributed by atoms with Crippen LogP contribution >= 0.6 is 0 Å². The van der Waals surface area contributed by atoms with Crippen LogP contribution in [0.15, 0.2) is 0 Å². The molecule has 0 aliphatic rings. The SMILES string of the molecule is C[SiH](C)O.O[SiH3]. The average Bonchev–Trinajstić information content (AvgIpc) is 1.41. The van der Waals surface area contributed by atoms with Gasteiger partial charge in [0.05, 0.1) is 0 Å². The van der Waals surface area contributed by atoms with Gasteiger partial charge in [0.1, 0.15) is 10.5 Å². The summed E-state index contributed by atoms with van der Waals surface area (Å²) in [5, 5.41) is 0. The molecule has 6 heavy (non-hydrogen) atoms. The van der Waals surface area contributed by atoms with Crippen LogP contribution in [0.5, 0.6) is 0 Å². The maximum atomic E-state index is 8.19. The molecule has 0 aliphatic carbocycles. The predicted molar refractivity (Wildman–Crippen MR) is 33.3 cm³/mol. The van der Waals surface area contributed by atoms with E-state index in [9.17, 15) is 0 Å². The molecule has 2 N–H and O–H groups in total. The standard InChI is InChI=1S/C2H8OSi.H4OSi/c1-4(2)3;1-2/h3-4H,1-2H3;1H,2H3. The number of rotatable bonds is 0. The van der Waals surface area contributed by atoms with Crippen molar-refractivity contribution >= 4 is 19.5 Å². The van der Waals surface area contributed by atoms with Crippen molar-refractivity contribution in [1.82, 2.24) is 0 Å². The fourth-order valence-corrected chi connectivity index (χ4v) is 0. The summed E-state index contributed by atoms with van der Waals surface area (Å²) in [6.45, 7) is 3.72. The molecular formula is C2H12O2Si2. The molecule has 2 nitrogen and oxygen atoms in total. The molecule has 0 atom stereocenters. The zero-order valence-electron chi connectivity index (χ0n) is 4.47. The second-order valence-electron chi connectivity index (χ2n) is 1.09. The molecule has 0 unspecified atom stereocenters. The summed E-state index contributed by atoms with van der Waals surface area (Å²) in [7, 11) is -0.833. The van der Waals surface area contributed by atoms with Crippen LogP contribution in [-0.4, -0.2) is 29.1 Å². The first-order valence-corrected chi connectivity index (χ1v) is 5.58. The van der Waals surface area contributed by atoms with Gasteiger partial charge in [-0.1, -0.05) is 0 Å². The van der Waals surface area contributed by atoms with Gasteiger partial charge in [-0.05, 0) is 13.1 Å². The highest BCUT2D eigenvalue weighted by molar-refractivity contribution is 6.46. The first-order chi connectivity index (χ1) is 2.73. The number of hydrogen-bond donors (Lipinski definition) is 2. The van der Waals surface area contributed by atoms with Crippen LogP contribution in [0.1, 0.15) is 0 Å². The first-order valence-electron chi connectivity index (χ1n) is 1.86. The summed E-state index contributed by atoms with van der Waals surface area (Å²) in [5.74, 6) is 0. The van der Waals surface area contributed by atoms with Crippen molar-refractivity contribution in [2.75, 3.05) is 0 Å². The molecule has 0 heterocycles. The quantitative estimate of drug-likeness (QED) is 0.375. The topological polar surface area (TPSA) is 40.5 Å². The van der Waals surface area contributed by atoms with Gasteiger partial charge in [0.2, 0.25) is 0 Å². The minimum atomic E-state index is -1.14. The maximum absolute atomic E-state index is 8.19. The van der Waals surface area contributed by atoms with Crippen LogP contribution < -0.4 is 0 Å². The molecule has 0 amide bonds. The van der Waals surface area contributed by atoms with Crippen molar-refractivity contribution in [2.24, 2.45) is 0 Å². The summed E-state index contributed by atoms with van der Waals surface area (Å²) in [5.41, 5.74) is 0. The van der Waals surface area contributed by atoms with Gasteiger partial charge in [0.15, 0.2) is 9.04 Å². The van der Waals surface area contributed by atoms with Crippen LogP contribution in [0.2, 0.25) is 13.1 Å². The van der Waals surface area contributed by atoms with Crippen molar-refractivity contribution in [3.05, 3.63) is 0 Å². The van der Waals surface area contributed by atoms with Crippen molar-refractivity contribution in [1.29, 1.82) is 0 Å². The van der Waals surface area contributed by atoms with Gasteiger partial charge in [0.25, 0.3) is 0 Å². The lowest BCUT2D eigenvalue weighted by molar-refractivity contribution is 0.587. The minimum absolute atomic E-state index is 0.306. The largest absolute Gasteiger partial charge is 0.442 e. The molecule has 4 heteroatoms. The Hall–Kier alpha value is 0.354. The summed E-state index contributed by atoms with van der Waals surface area (Å²) in [4.78, 5) is 15.3. The summed E-state index contributed by atoms with van der Waals surface area (Å²) in [6, 6.07) is 0. The molecule has 0 spiro atoms. The highest BCUT2D eigenvalue weighted by atomic mass is 28.3. The molecular weight excluding hydrogens is 112 g/mol. The molecule has 0 fully saturated rings. The molecule has 0 saturated carbocycles. The second-order valence-corrected chi connectivity index (χ2v) is 3.28. The lowest BCUT2D eigenvalue weighted by Gasteiger charge is -1.76. The minimum Gasteiger partial charge on any atom is -0.442 e. The summed E-state index contributed by atoms with van der Waals surface area (Å²) < 4.78 is 0. The Labute approximate surface area is 43.1 Å². The Morgan fingerprint density at radius 1 is 1.33 bits per heavy atom. The number of hydrogen-bond acceptors (Lipinski definition) is 2. The Morgan fingerprint density at radius 2 is 1.33 bits per heavy atom. The highest BCUT2D eigenvalue weighted by Crippen LogP contribution is 1.60. The Bertz CT molecular complexity index is 14.3. The Kier molecular flexibility index (Phi) is 14.4. The third kappa shape index (κ3) is 391. The lowest BCUT2D eigenvalue weighted by atomic mass is 11.9. The molecule has 0 aliphatic heterocycles. The molecule has 0 saturated heterocycles. The zero-order valence-corrected chi connectivity index (χ0v) is 7.63. The van der Waals surface area contributed by atoms with Crippen LogP contribution in [0.3, 0.4) is 0 Å². The van der Waals surface area contributed by atoms with Crippen LogP contribution in [0, 0.1) is 0 Å². The molecule has 0 radical (unpaired) electrons. The van der Waals surface area contributed by atoms with E-state index in [0.717, 1.165) is 0 Å². The van der Waals surface area contributed by atoms with Gasteiger partial charge in [-0.2, -0.15) is 0 Å². The monoisotopic (exact) mass is 124 g/mol. The first kappa shape index (κ1) is 9.61. The van der Waals surface area contributed by atoms with Crippen molar-refractivity contribution in [2.45, 2.75) is 13.1 Å². The van der Waals surface area contributed by atoms with E-state index in [0.29, 0.717) is 10.5 Å². The van der Waals surface area contributed by atoms with Gasteiger partial charge < -0.3 is 9.59 Å². The molecule has 0 aromatic heterocycles. The second kappa shape index (κ2) is 9.02. The Balaban J connectivity index is 0. The normalized spacial score (nSPS) is 7.50. The molecule has 0 aromatic carbocycles. The summed E-state index contributed by atoms with van der Waals surface area (Å²) >= 11 is 0. The third-order valence-corrected chi connectivity index (χ3v) is 0. The van der Waals surface area contributed by atoms with E-state index < -0.39 is 9.04 Å². The smallest absolute Gasteiger partial charge is 0.166 e. The average molecular weight is 124 g/mol. The van der Waals surface area contributed by atoms with Crippen LogP contribution in [0.25, 0.3) is 0 Å². The van der Waals surface area contributed by atoms with Gasteiger partial charge in [-0.3, -0.25) is 0 Å². The van der Waals surface area contributed by atoms with Crippen molar-refractivity contribution in [3.63, 3.8) is 0 Å². The fraction of sp³-hybridized carbons (Fsp3) is 1.00.